The largest absolute Gasteiger partial charge is 0.513 e. The van der Waals surface area contributed by atoms with E-state index < -0.39 is 36.3 Å². The number of carbonyl (C=O) groups is 1. The molecular formula is C25H30F9N3O3. The quantitative estimate of drug-likeness (QED) is 0.196. The lowest BCUT2D eigenvalue weighted by Crippen LogP contribution is -2.50. The number of nitrogens with one attached hydrogen (secondary N) is 1. The third-order valence-corrected chi connectivity index (χ3v) is 7.20. The molecule has 2 saturated heterocycles. The van der Waals surface area contributed by atoms with Gasteiger partial charge in [-0.15, -0.1) is 0 Å². The van der Waals surface area contributed by atoms with Crippen molar-refractivity contribution in [3.05, 3.63) is 41.7 Å². The van der Waals surface area contributed by atoms with Gasteiger partial charge in [0.25, 0.3) is 6.10 Å². The number of anilines is 1. The van der Waals surface area contributed by atoms with Crippen LogP contribution in [0.25, 0.3) is 0 Å². The monoisotopic (exact) mass is 591 g/mol. The van der Waals surface area contributed by atoms with E-state index in [1.807, 2.05) is 4.90 Å². The number of halogens is 9. The second kappa shape index (κ2) is 12.0. The van der Waals surface area contributed by atoms with Gasteiger partial charge in [0, 0.05) is 44.8 Å². The van der Waals surface area contributed by atoms with Crippen molar-refractivity contribution in [2.24, 2.45) is 5.41 Å². The van der Waals surface area contributed by atoms with E-state index in [1.165, 1.54) is 6.07 Å². The number of aliphatic hydroxyl groups excluding tert-OH is 1. The normalized spacial score (nSPS) is 18.4. The fourth-order valence-corrected chi connectivity index (χ4v) is 5.04. The molecule has 40 heavy (non-hydrogen) atoms. The first kappa shape index (κ1) is 31.7. The van der Waals surface area contributed by atoms with Crippen molar-refractivity contribution in [1.82, 2.24) is 9.80 Å². The number of alkyl halides is 9. The molecule has 0 radical (unpaired) electrons. The van der Waals surface area contributed by atoms with Crippen LogP contribution >= 0.6 is 0 Å². The Balaban J connectivity index is 1.61. The number of benzene rings is 1. The van der Waals surface area contributed by atoms with Crippen LogP contribution in [0.2, 0.25) is 0 Å². The van der Waals surface area contributed by atoms with Crippen LogP contribution in [-0.4, -0.2) is 72.2 Å². The summed E-state index contributed by atoms with van der Waals surface area (Å²) in [4.78, 5) is 14.9. The highest BCUT2D eigenvalue weighted by atomic mass is 19.4. The van der Waals surface area contributed by atoms with Crippen molar-refractivity contribution in [1.29, 1.82) is 0 Å². The zero-order valence-corrected chi connectivity index (χ0v) is 21.4. The van der Waals surface area contributed by atoms with Gasteiger partial charge in [-0.2, -0.15) is 39.5 Å². The number of hydrogen-bond donors (Lipinski definition) is 2. The fourth-order valence-electron chi connectivity index (χ4n) is 5.04. The molecule has 2 aliphatic heterocycles. The first-order chi connectivity index (χ1) is 18.4. The predicted molar refractivity (Wildman–Crippen MR) is 126 cm³/mol. The van der Waals surface area contributed by atoms with Gasteiger partial charge in [0.1, 0.15) is 0 Å². The van der Waals surface area contributed by atoms with Gasteiger partial charge < -0.3 is 20.1 Å². The van der Waals surface area contributed by atoms with Crippen molar-refractivity contribution in [3.8, 4) is 0 Å². The third kappa shape index (κ3) is 8.33. The predicted octanol–water partition coefficient (Wildman–Crippen LogP) is 6.89. The Hall–Kier alpha value is -2.84. The molecule has 15 heteroatoms. The first-order valence-corrected chi connectivity index (χ1v) is 12.5. The maximum absolute atomic E-state index is 13.3. The Bertz CT molecular complexity index is 1030. The van der Waals surface area contributed by atoms with Gasteiger partial charge in [-0.25, -0.2) is 4.79 Å². The highest BCUT2D eigenvalue weighted by molar-refractivity contribution is 5.68. The van der Waals surface area contributed by atoms with E-state index in [0.717, 1.165) is 17.0 Å². The third-order valence-electron chi connectivity index (χ3n) is 7.20. The summed E-state index contributed by atoms with van der Waals surface area (Å²) in [6.45, 7) is 4.87. The van der Waals surface area contributed by atoms with Gasteiger partial charge >= 0.3 is 24.6 Å². The molecule has 226 valence electrons. The highest BCUT2D eigenvalue weighted by Crippen LogP contribution is 2.42. The lowest BCUT2D eigenvalue weighted by molar-refractivity contribution is -0.308. The van der Waals surface area contributed by atoms with Gasteiger partial charge in [0.2, 0.25) is 0 Å². The van der Waals surface area contributed by atoms with Crippen molar-refractivity contribution in [2.45, 2.75) is 63.3 Å². The highest BCUT2D eigenvalue weighted by Gasteiger charge is 2.60. The van der Waals surface area contributed by atoms with Gasteiger partial charge in [0.15, 0.2) is 0 Å². The summed E-state index contributed by atoms with van der Waals surface area (Å²) < 4.78 is 120. The Labute approximate surface area is 224 Å². The number of nitrogens with zero attached hydrogens (tertiary/aromatic N) is 2. The molecule has 2 fully saturated rings. The van der Waals surface area contributed by atoms with Crippen LogP contribution in [0.15, 0.2) is 30.5 Å². The number of carbonyl (C=O) groups excluding carboxylic acids is 1. The number of rotatable bonds is 8. The van der Waals surface area contributed by atoms with Crippen LogP contribution in [0, 0.1) is 5.41 Å². The van der Waals surface area contributed by atoms with E-state index in [2.05, 4.69) is 16.6 Å². The molecule has 6 nitrogen and oxygen atoms in total. The van der Waals surface area contributed by atoms with Crippen molar-refractivity contribution in [3.63, 3.8) is 0 Å². The van der Waals surface area contributed by atoms with Crippen LogP contribution in [-0.2, 0) is 17.5 Å². The number of piperidine rings is 1. The van der Waals surface area contributed by atoms with E-state index >= 15 is 0 Å². The molecule has 0 saturated carbocycles. The molecular weight excluding hydrogens is 561 g/mol. The van der Waals surface area contributed by atoms with Crippen molar-refractivity contribution < 1.29 is 54.2 Å². The van der Waals surface area contributed by atoms with Crippen LogP contribution in [0.4, 0.5) is 50.0 Å². The van der Waals surface area contributed by atoms with Crippen molar-refractivity contribution in [2.75, 3.05) is 38.0 Å². The molecule has 1 aromatic rings. The Kier molecular flexibility index (Phi) is 9.47. The lowest BCUT2D eigenvalue weighted by atomic mass is 9.78. The van der Waals surface area contributed by atoms with Gasteiger partial charge in [0.05, 0.1) is 11.3 Å². The van der Waals surface area contributed by atoms with E-state index in [0.29, 0.717) is 63.1 Å². The molecule has 0 aliphatic carbocycles. The van der Waals surface area contributed by atoms with Crippen LogP contribution in [0.3, 0.4) is 0 Å². The maximum atomic E-state index is 13.3. The molecule has 0 aromatic heterocycles. The minimum atomic E-state index is -5.80. The lowest BCUT2D eigenvalue weighted by Gasteiger charge is -2.39. The van der Waals surface area contributed by atoms with E-state index in [-0.39, 0.29) is 30.7 Å². The van der Waals surface area contributed by atoms with Crippen LogP contribution in [0.5, 0.6) is 0 Å². The molecule has 0 unspecified atom stereocenters. The SMILES string of the molecule is C=C(O)CCCNc1cc(C(F)(F)F)ccc1CN1CCC2(CCN(C(=O)OC(C(F)(F)F)C(F)(F)F)CC2)C1. The Morgan fingerprint density at radius 3 is 2.17 bits per heavy atom. The van der Waals surface area contributed by atoms with Gasteiger partial charge in [-0.1, -0.05) is 12.6 Å². The molecule has 0 bridgehead atoms. The number of likely N-dealkylation sites (tertiary alicyclic amines) is 2. The average molecular weight is 592 g/mol. The minimum absolute atomic E-state index is 0.0340. The number of hydrogen-bond acceptors (Lipinski definition) is 5. The number of ether oxygens (including phenoxy) is 1. The summed E-state index contributed by atoms with van der Waals surface area (Å²) in [7, 11) is 0. The molecule has 1 aromatic carbocycles. The zero-order valence-electron chi connectivity index (χ0n) is 21.4. The van der Waals surface area contributed by atoms with E-state index in [9.17, 15) is 49.4 Å². The van der Waals surface area contributed by atoms with Crippen molar-refractivity contribution >= 4 is 11.8 Å². The summed E-state index contributed by atoms with van der Waals surface area (Å²) in [5.41, 5.74) is -0.258. The number of aliphatic hydroxyl groups is 1. The standard InChI is InChI=1S/C25H30F9N3O3/c1-16(38)3-2-9-35-19-13-18(23(26,27)28)5-4-17(19)14-36-10-6-22(15-36)7-11-37(12-8-22)21(39)40-20(24(29,30)31)25(32,33)34/h4-5,13,20,35,38H,1-3,6-12,14-15H2. The van der Waals surface area contributed by atoms with Gasteiger partial charge in [-0.05, 0) is 55.3 Å². The molecule has 2 aliphatic rings. The Morgan fingerprint density at radius 1 is 1.02 bits per heavy atom. The maximum Gasteiger partial charge on any atom is 0.434 e. The Morgan fingerprint density at radius 2 is 1.62 bits per heavy atom. The summed E-state index contributed by atoms with van der Waals surface area (Å²) in [6, 6.07) is 3.40. The van der Waals surface area contributed by atoms with E-state index in [1.54, 1.807) is 0 Å². The number of amides is 1. The number of allylic oxidation sites excluding steroid dienone is 1. The average Bonchev–Trinajstić information content (AvgIpc) is 3.20. The zero-order chi connectivity index (χ0) is 29.9. The first-order valence-electron chi connectivity index (χ1n) is 12.5. The smallest absolute Gasteiger partial charge is 0.434 e. The topological polar surface area (TPSA) is 65.0 Å². The van der Waals surface area contributed by atoms with Gasteiger partial charge in [-0.3, -0.25) is 4.90 Å². The molecule has 1 amide bonds. The molecule has 1 spiro atoms. The molecule has 3 rings (SSSR count). The molecule has 2 N–H and O–H groups in total. The second-order valence-electron chi connectivity index (χ2n) is 10.3. The van der Waals surface area contributed by atoms with Crippen LogP contribution in [0.1, 0.15) is 43.2 Å². The summed E-state index contributed by atoms with van der Waals surface area (Å²) in [6.07, 6.45) is -20.0. The van der Waals surface area contributed by atoms with E-state index in [4.69, 9.17) is 0 Å². The summed E-state index contributed by atoms with van der Waals surface area (Å²) in [5.74, 6) is -0.0340. The molecule has 2 heterocycles. The fraction of sp³-hybridized carbons (Fsp3) is 0.640. The summed E-state index contributed by atoms with van der Waals surface area (Å²) >= 11 is 0. The second-order valence-corrected chi connectivity index (χ2v) is 10.3. The summed E-state index contributed by atoms with van der Waals surface area (Å²) in [5, 5.41) is 12.2. The molecule has 0 atom stereocenters. The van der Waals surface area contributed by atoms with Crippen LogP contribution < -0.4 is 5.32 Å². The minimum Gasteiger partial charge on any atom is -0.513 e.